The molecule has 0 fully saturated rings. The Kier molecular flexibility index (Phi) is 4.32. The fraction of sp³-hybridized carbons (Fsp3) is 0.0769. The zero-order valence-corrected chi connectivity index (χ0v) is 11.2. The first-order valence-electron chi connectivity index (χ1n) is 5.72. The SMILES string of the molecule is O=C(Nc1ccc(C(F)(F)F)cc1)Nc1ncccc1Cl. The van der Waals surface area contributed by atoms with Crippen molar-refractivity contribution in [2.24, 2.45) is 0 Å². The molecule has 2 rings (SSSR count). The smallest absolute Gasteiger partial charge is 0.308 e. The van der Waals surface area contributed by atoms with Gasteiger partial charge in [0.1, 0.15) is 0 Å². The second kappa shape index (κ2) is 6.01. The number of nitrogens with one attached hydrogen (secondary N) is 2. The van der Waals surface area contributed by atoms with Crippen molar-refractivity contribution in [3.05, 3.63) is 53.2 Å². The van der Waals surface area contributed by atoms with Crippen LogP contribution in [0, 0.1) is 0 Å². The van der Waals surface area contributed by atoms with Gasteiger partial charge in [0.05, 0.1) is 10.6 Å². The van der Waals surface area contributed by atoms with Gasteiger partial charge in [-0.15, -0.1) is 0 Å². The maximum absolute atomic E-state index is 12.4. The van der Waals surface area contributed by atoms with Gasteiger partial charge in [0.15, 0.2) is 5.82 Å². The highest BCUT2D eigenvalue weighted by Gasteiger charge is 2.29. The first-order chi connectivity index (χ1) is 9.86. The van der Waals surface area contributed by atoms with E-state index in [9.17, 15) is 18.0 Å². The average molecular weight is 316 g/mol. The summed E-state index contributed by atoms with van der Waals surface area (Å²) in [7, 11) is 0. The summed E-state index contributed by atoms with van der Waals surface area (Å²) in [6, 6.07) is 6.55. The number of alkyl halides is 3. The molecule has 110 valence electrons. The molecule has 21 heavy (non-hydrogen) atoms. The number of halogens is 4. The first-order valence-corrected chi connectivity index (χ1v) is 6.10. The van der Waals surface area contributed by atoms with Crippen molar-refractivity contribution in [1.29, 1.82) is 0 Å². The molecule has 0 spiro atoms. The van der Waals surface area contributed by atoms with Gasteiger partial charge in [-0.25, -0.2) is 9.78 Å². The Morgan fingerprint density at radius 2 is 1.76 bits per heavy atom. The van der Waals surface area contributed by atoms with E-state index >= 15 is 0 Å². The van der Waals surface area contributed by atoms with Crippen LogP contribution in [-0.2, 0) is 6.18 Å². The number of urea groups is 1. The zero-order chi connectivity index (χ0) is 15.5. The van der Waals surface area contributed by atoms with Crippen molar-refractivity contribution in [2.45, 2.75) is 6.18 Å². The van der Waals surface area contributed by atoms with Crippen molar-refractivity contribution >= 4 is 29.1 Å². The monoisotopic (exact) mass is 315 g/mol. The number of benzene rings is 1. The molecule has 0 atom stereocenters. The highest BCUT2D eigenvalue weighted by atomic mass is 35.5. The molecule has 1 heterocycles. The van der Waals surface area contributed by atoms with Crippen LogP contribution in [0.5, 0.6) is 0 Å². The summed E-state index contributed by atoms with van der Waals surface area (Å²) in [5, 5.41) is 5.02. The molecule has 1 aromatic heterocycles. The number of anilines is 2. The highest BCUT2D eigenvalue weighted by molar-refractivity contribution is 6.33. The molecule has 0 radical (unpaired) electrons. The summed E-state index contributed by atoms with van der Waals surface area (Å²) in [6.45, 7) is 0. The molecule has 0 aliphatic heterocycles. The summed E-state index contributed by atoms with van der Waals surface area (Å²) in [6.07, 6.45) is -2.97. The number of hydrogen-bond acceptors (Lipinski definition) is 2. The molecule has 0 aliphatic carbocycles. The standard InChI is InChI=1S/C13H9ClF3N3O/c14-10-2-1-7-18-11(10)20-12(21)19-9-5-3-8(4-6-9)13(15,16)17/h1-7H,(H2,18,19,20,21). The predicted octanol–water partition coefficient (Wildman–Crippen LogP) is 4.40. The third-order valence-corrected chi connectivity index (χ3v) is 2.77. The van der Waals surface area contributed by atoms with E-state index in [0.717, 1.165) is 24.3 Å². The normalized spacial score (nSPS) is 11.0. The van der Waals surface area contributed by atoms with Crippen LogP contribution < -0.4 is 10.6 Å². The molecule has 2 aromatic rings. The van der Waals surface area contributed by atoms with E-state index in [-0.39, 0.29) is 16.5 Å². The summed E-state index contributed by atoms with van der Waals surface area (Å²) < 4.78 is 37.2. The van der Waals surface area contributed by atoms with Crippen LogP contribution in [0.1, 0.15) is 5.56 Å². The van der Waals surface area contributed by atoms with Gasteiger partial charge in [0.25, 0.3) is 0 Å². The Morgan fingerprint density at radius 1 is 1.10 bits per heavy atom. The minimum atomic E-state index is -4.41. The largest absolute Gasteiger partial charge is 0.416 e. The molecule has 0 saturated carbocycles. The quantitative estimate of drug-likeness (QED) is 0.863. The second-order valence-electron chi connectivity index (χ2n) is 3.99. The lowest BCUT2D eigenvalue weighted by Gasteiger charge is -2.10. The van der Waals surface area contributed by atoms with Gasteiger partial charge >= 0.3 is 12.2 Å². The van der Waals surface area contributed by atoms with E-state index in [4.69, 9.17) is 11.6 Å². The van der Waals surface area contributed by atoms with Crippen LogP contribution in [0.25, 0.3) is 0 Å². The number of amides is 2. The summed E-state index contributed by atoms with van der Waals surface area (Å²) in [5.74, 6) is 0.156. The highest BCUT2D eigenvalue weighted by Crippen LogP contribution is 2.29. The zero-order valence-electron chi connectivity index (χ0n) is 10.4. The molecule has 0 bridgehead atoms. The van der Waals surface area contributed by atoms with E-state index in [1.54, 1.807) is 12.1 Å². The van der Waals surface area contributed by atoms with Crippen LogP contribution in [0.15, 0.2) is 42.6 Å². The van der Waals surface area contributed by atoms with Crippen molar-refractivity contribution in [3.63, 3.8) is 0 Å². The molecular weight excluding hydrogens is 307 g/mol. The Bertz CT molecular complexity index is 644. The van der Waals surface area contributed by atoms with Crippen LogP contribution in [-0.4, -0.2) is 11.0 Å². The molecule has 8 heteroatoms. The molecule has 0 unspecified atom stereocenters. The van der Waals surface area contributed by atoms with Crippen molar-refractivity contribution in [3.8, 4) is 0 Å². The van der Waals surface area contributed by atoms with E-state index in [2.05, 4.69) is 15.6 Å². The second-order valence-corrected chi connectivity index (χ2v) is 4.40. The fourth-order valence-corrected chi connectivity index (χ4v) is 1.66. The Hall–Kier alpha value is -2.28. The molecule has 2 amide bonds. The predicted molar refractivity (Wildman–Crippen MR) is 73.3 cm³/mol. The molecule has 0 saturated heterocycles. The Morgan fingerprint density at radius 3 is 2.33 bits per heavy atom. The van der Waals surface area contributed by atoms with Gasteiger partial charge in [-0.3, -0.25) is 5.32 Å². The van der Waals surface area contributed by atoms with Crippen LogP contribution in [0.3, 0.4) is 0 Å². The number of pyridine rings is 1. The number of hydrogen-bond donors (Lipinski definition) is 2. The van der Waals surface area contributed by atoms with Crippen molar-refractivity contribution in [1.82, 2.24) is 4.98 Å². The van der Waals surface area contributed by atoms with Crippen molar-refractivity contribution < 1.29 is 18.0 Å². The summed E-state index contributed by atoms with van der Waals surface area (Å²) in [5.41, 5.74) is -0.575. The van der Waals surface area contributed by atoms with Gasteiger partial charge < -0.3 is 5.32 Å². The lowest BCUT2D eigenvalue weighted by molar-refractivity contribution is -0.137. The van der Waals surface area contributed by atoms with Crippen molar-refractivity contribution in [2.75, 3.05) is 10.6 Å². The van der Waals surface area contributed by atoms with Crippen LogP contribution in [0.4, 0.5) is 29.5 Å². The maximum Gasteiger partial charge on any atom is 0.416 e. The van der Waals surface area contributed by atoms with Gasteiger partial charge in [-0.05, 0) is 36.4 Å². The molecule has 2 N–H and O–H groups in total. The third-order valence-electron chi connectivity index (χ3n) is 2.46. The van der Waals surface area contributed by atoms with E-state index < -0.39 is 17.8 Å². The van der Waals surface area contributed by atoms with E-state index in [1.807, 2.05) is 0 Å². The van der Waals surface area contributed by atoms with Gasteiger partial charge in [-0.1, -0.05) is 11.6 Å². The minimum Gasteiger partial charge on any atom is -0.308 e. The minimum absolute atomic E-state index is 0.156. The molecule has 4 nitrogen and oxygen atoms in total. The van der Waals surface area contributed by atoms with Crippen LogP contribution >= 0.6 is 11.6 Å². The average Bonchev–Trinajstić information content (AvgIpc) is 2.41. The molecule has 0 aliphatic rings. The number of aromatic nitrogens is 1. The van der Waals surface area contributed by atoms with Gasteiger partial charge in [-0.2, -0.15) is 13.2 Å². The summed E-state index contributed by atoms with van der Waals surface area (Å²) >= 11 is 5.81. The third kappa shape index (κ3) is 4.09. The number of carbonyl (C=O) groups excluding carboxylic acids is 1. The summed E-state index contributed by atoms with van der Waals surface area (Å²) in [4.78, 5) is 15.5. The van der Waals surface area contributed by atoms with Gasteiger partial charge in [0, 0.05) is 11.9 Å². The fourth-order valence-electron chi connectivity index (χ4n) is 1.49. The van der Waals surface area contributed by atoms with Gasteiger partial charge in [0.2, 0.25) is 0 Å². The van der Waals surface area contributed by atoms with E-state index in [0.29, 0.717) is 0 Å². The maximum atomic E-state index is 12.4. The van der Waals surface area contributed by atoms with Crippen LogP contribution in [0.2, 0.25) is 5.02 Å². The van der Waals surface area contributed by atoms with E-state index in [1.165, 1.54) is 6.20 Å². The number of carbonyl (C=O) groups is 1. The lowest BCUT2D eigenvalue weighted by atomic mass is 10.2. The number of nitrogens with zero attached hydrogens (tertiary/aromatic N) is 1. The lowest BCUT2D eigenvalue weighted by Crippen LogP contribution is -2.20. The Balaban J connectivity index is 2.02. The first kappa shape index (κ1) is 15.1. The number of rotatable bonds is 2. The topological polar surface area (TPSA) is 54.0 Å². The molecular formula is C13H9ClF3N3O. The molecule has 1 aromatic carbocycles. The Labute approximate surface area is 122 Å².